The zero-order chi connectivity index (χ0) is 20.9. The van der Waals surface area contributed by atoms with Crippen LogP contribution in [0.4, 0.5) is 5.69 Å². The largest absolute Gasteiger partial charge is 0.496 e. The van der Waals surface area contributed by atoms with Crippen LogP contribution < -0.4 is 10.1 Å². The number of amides is 1. The Hall–Kier alpha value is -3.05. The maximum atomic E-state index is 12.8. The Morgan fingerprint density at radius 1 is 1.03 bits per heavy atom. The van der Waals surface area contributed by atoms with Crippen LogP contribution in [0.25, 0.3) is 0 Å². The van der Waals surface area contributed by atoms with Crippen LogP contribution in [0.5, 0.6) is 5.75 Å². The van der Waals surface area contributed by atoms with E-state index >= 15 is 0 Å². The van der Waals surface area contributed by atoms with Crippen molar-refractivity contribution < 1.29 is 9.53 Å². The first-order chi connectivity index (χ1) is 14.7. The number of hydrogen-bond donors (Lipinski definition) is 1. The van der Waals surface area contributed by atoms with Gasteiger partial charge in [0, 0.05) is 38.7 Å². The summed E-state index contributed by atoms with van der Waals surface area (Å²) in [7, 11) is 1.63. The van der Waals surface area contributed by atoms with E-state index < -0.39 is 0 Å². The van der Waals surface area contributed by atoms with Gasteiger partial charge in [-0.25, -0.2) is 0 Å². The molecule has 1 heterocycles. The molecule has 0 unspecified atom stereocenters. The molecule has 1 aliphatic rings. The van der Waals surface area contributed by atoms with Gasteiger partial charge in [0.05, 0.1) is 12.8 Å². The Balaban J connectivity index is 1.60. The van der Waals surface area contributed by atoms with Crippen LogP contribution in [0.1, 0.15) is 41.3 Å². The maximum Gasteiger partial charge on any atom is 0.251 e. The Kier molecular flexibility index (Phi) is 6.19. The van der Waals surface area contributed by atoms with E-state index in [1.165, 1.54) is 10.5 Å². The van der Waals surface area contributed by atoms with E-state index in [0.29, 0.717) is 12.1 Å². The lowest BCUT2D eigenvalue weighted by Gasteiger charge is -2.10. The third kappa shape index (κ3) is 4.26. The molecular formula is C25H24N2O2S. The Labute approximate surface area is 181 Å². The molecule has 3 aromatic carbocycles. The number of rotatable bonds is 6. The van der Waals surface area contributed by atoms with Gasteiger partial charge in [-0.3, -0.25) is 9.79 Å². The molecular weight excluding hydrogens is 392 g/mol. The number of carbonyl (C=O) groups is 1. The van der Waals surface area contributed by atoms with Gasteiger partial charge >= 0.3 is 0 Å². The summed E-state index contributed by atoms with van der Waals surface area (Å²) in [5, 5.41) is 2.99. The number of benzene rings is 3. The topological polar surface area (TPSA) is 50.7 Å². The van der Waals surface area contributed by atoms with Crippen molar-refractivity contribution in [2.75, 3.05) is 7.11 Å². The predicted octanol–water partition coefficient (Wildman–Crippen LogP) is 6.01. The summed E-state index contributed by atoms with van der Waals surface area (Å²) < 4.78 is 5.37. The van der Waals surface area contributed by atoms with Crippen LogP contribution >= 0.6 is 11.8 Å². The number of methoxy groups -OCH3 is 1. The van der Waals surface area contributed by atoms with Crippen LogP contribution in [0.15, 0.2) is 81.5 Å². The minimum atomic E-state index is -0.122. The lowest BCUT2D eigenvalue weighted by molar-refractivity contribution is 0.0950. The summed E-state index contributed by atoms with van der Waals surface area (Å²) in [5.41, 5.74) is 4.66. The van der Waals surface area contributed by atoms with Gasteiger partial charge in [-0.05, 0) is 36.8 Å². The fourth-order valence-corrected chi connectivity index (χ4v) is 4.53. The number of fused-ring (bicyclic) bond motifs is 2. The maximum absolute atomic E-state index is 12.8. The molecule has 0 atom stereocenters. The van der Waals surface area contributed by atoms with E-state index in [4.69, 9.17) is 9.73 Å². The summed E-state index contributed by atoms with van der Waals surface area (Å²) in [6.45, 7) is 2.57. The van der Waals surface area contributed by atoms with Gasteiger partial charge in [0.2, 0.25) is 0 Å². The summed E-state index contributed by atoms with van der Waals surface area (Å²) in [6, 6.07) is 21.8. The average Bonchev–Trinajstić information content (AvgIpc) is 2.94. The SMILES string of the molecule is CCCC1=Nc2cc(C(=O)NCc3ccccc3OC)ccc2Sc2ccccc21. The molecule has 0 radical (unpaired) electrons. The molecule has 0 spiro atoms. The second-order valence-corrected chi connectivity index (χ2v) is 8.17. The van der Waals surface area contributed by atoms with Crippen molar-refractivity contribution in [3.63, 3.8) is 0 Å². The molecule has 1 N–H and O–H groups in total. The minimum Gasteiger partial charge on any atom is -0.496 e. The van der Waals surface area contributed by atoms with Crippen LogP contribution in [0.3, 0.4) is 0 Å². The summed E-state index contributed by atoms with van der Waals surface area (Å²) in [4.78, 5) is 20.0. The molecule has 0 saturated heterocycles. The molecule has 0 saturated carbocycles. The highest BCUT2D eigenvalue weighted by molar-refractivity contribution is 7.99. The molecule has 4 rings (SSSR count). The number of para-hydroxylation sites is 1. The molecule has 152 valence electrons. The van der Waals surface area contributed by atoms with Crippen LogP contribution in [0.2, 0.25) is 0 Å². The van der Waals surface area contributed by atoms with Gasteiger partial charge in [-0.2, -0.15) is 0 Å². The molecule has 0 aliphatic carbocycles. The number of ether oxygens (including phenoxy) is 1. The average molecular weight is 417 g/mol. The first kappa shape index (κ1) is 20.2. The third-order valence-electron chi connectivity index (χ3n) is 5.01. The zero-order valence-corrected chi connectivity index (χ0v) is 18.0. The van der Waals surface area contributed by atoms with Crippen molar-refractivity contribution >= 4 is 29.1 Å². The predicted molar refractivity (Wildman–Crippen MR) is 122 cm³/mol. The number of nitrogens with zero attached hydrogens (tertiary/aromatic N) is 1. The normalized spacial score (nSPS) is 12.3. The fourth-order valence-electron chi connectivity index (χ4n) is 3.50. The highest BCUT2D eigenvalue weighted by Gasteiger charge is 2.18. The second kappa shape index (κ2) is 9.18. The van der Waals surface area contributed by atoms with Gasteiger partial charge in [0.25, 0.3) is 5.91 Å². The van der Waals surface area contributed by atoms with Crippen LogP contribution in [-0.2, 0) is 6.54 Å². The van der Waals surface area contributed by atoms with Crippen molar-refractivity contribution in [3.05, 3.63) is 83.4 Å². The molecule has 1 amide bonds. The van der Waals surface area contributed by atoms with Gasteiger partial charge in [-0.1, -0.05) is 61.5 Å². The van der Waals surface area contributed by atoms with E-state index in [9.17, 15) is 4.79 Å². The molecule has 0 aromatic heterocycles. The van der Waals surface area contributed by atoms with E-state index in [0.717, 1.165) is 40.4 Å². The highest BCUT2D eigenvalue weighted by Crippen LogP contribution is 2.41. The highest BCUT2D eigenvalue weighted by atomic mass is 32.2. The first-order valence-electron chi connectivity index (χ1n) is 10.1. The molecule has 0 fully saturated rings. The summed E-state index contributed by atoms with van der Waals surface area (Å²) in [6.07, 6.45) is 1.92. The summed E-state index contributed by atoms with van der Waals surface area (Å²) >= 11 is 1.71. The van der Waals surface area contributed by atoms with E-state index in [2.05, 4.69) is 36.5 Å². The fraction of sp³-hybridized carbons (Fsp3) is 0.200. The summed E-state index contributed by atoms with van der Waals surface area (Å²) in [5.74, 6) is 0.644. The molecule has 1 aliphatic heterocycles. The van der Waals surface area contributed by atoms with Crippen molar-refractivity contribution in [3.8, 4) is 5.75 Å². The second-order valence-electron chi connectivity index (χ2n) is 7.08. The van der Waals surface area contributed by atoms with Gasteiger partial charge in [-0.15, -0.1) is 0 Å². The van der Waals surface area contributed by atoms with Gasteiger partial charge < -0.3 is 10.1 Å². The van der Waals surface area contributed by atoms with Crippen molar-refractivity contribution in [2.24, 2.45) is 4.99 Å². The lowest BCUT2D eigenvalue weighted by Crippen LogP contribution is -2.23. The number of aliphatic imine (C=N–C) groups is 1. The van der Waals surface area contributed by atoms with Crippen molar-refractivity contribution in [1.29, 1.82) is 0 Å². The molecule has 30 heavy (non-hydrogen) atoms. The molecule has 4 nitrogen and oxygen atoms in total. The Bertz CT molecular complexity index is 1110. The number of carbonyl (C=O) groups excluding carboxylic acids is 1. The van der Waals surface area contributed by atoms with Gasteiger partial charge in [0.15, 0.2) is 0 Å². The van der Waals surface area contributed by atoms with E-state index in [1.54, 1.807) is 18.9 Å². The van der Waals surface area contributed by atoms with Crippen molar-refractivity contribution in [1.82, 2.24) is 5.32 Å². The minimum absolute atomic E-state index is 0.122. The Morgan fingerprint density at radius 3 is 2.67 bits per heavy atom. The monoisotopic (exact) mass is 416 g/mol. The zero-order valence-electron chi connectivity index (χ0n) is 17.1. The molecule has 5 heteroatoms. The van der Waals surface area contributed by atoms with Crippen LogP contribution in [0, 0.1) is 0 Å². The smallest absolute Gasteiger partial charge is 0.251 e. The first-order valence-corrected chi connectivity index (χ1v) is 10.9. The quantitative estimate of drug-likeness (QED) is 0.535. The number of nitrogens with one attached hydrogen (secondary N) is 1. The van der Waals surface area contributed by atoms with Crippen molar-refractivity contribution in [2.45, 2.75) is 36.1 Å². The van der Waals surface area contributed by atoms with E-state index in [1.807, 2.05) is 42.5 Å². The number of hydrogen-bond acceptors (Lipinski definition) is 4. The van der Waals surface area contributed by atoms with Gasteiger partial charge in [0.1, 0.15) is 5.75 Å². The Morgan fingerprint density at radius 2 is 1.83 bits per heavy atom. The standard InChI is InChI=1S/C25H24N2O2S/c1-3-8-20-19-10-5-7-12-23(19)30-24-14-13-17(15-21(24)27-20)25(28)26-16-18-9-4-6-11-22(18)29-2/h4-7,9-15H,3,8,16H2,1-2H3,(H,26,28). The molecule has 3 aromatic rings. The lowest BCUT2D eigenvalue weighted by atomic mass is 10.1. The van der Waals surface area contributed by atoms with Crippen LogP contribution in [-0.4, -0.2) is 18.7 Å². The third-order valence-corrected chi connectivity index (χ3v) is 6.15. The van der Waals surface area contributed by atoms with E-state index in [-0.39, 0.29) is 5.91 Å². The molecule has 0 bridgehead atoms.